The molecule has 4 aromatic carbocycles. The van der Waals surface area contributed by atoms with Gasteiger partial charge in [0, 0.05) is 24.2 Å². The minimum absolute atomic E-state index is 0.282. The highest BCUT2D eigenvalue weighted by Gasteiger charge is 2.42. The van der Waals surface area contributed by atoms with Gasteiger partial charge in [-0.05, 0) is 71.0 Å². The predicted octanol–water partition coefficient (Wildman–Crippen LogP) is 2.35. The Bertz CT molecular complexity index is 1740. The first-order valence-electron chi connectivity index (χ1n) is 14.0. The Kier molecular flexibility index (Phi) is 4.11. The SMILES string of the molecule is Cc1cc2c3c(c1)Cc1nc4c(cc1B3c1ccccc1C2)B1c2ccccc2Cc2cc(C)cc(c21)C4. The zero-order chi connectivity index (χ0) is 25.1. The number of pyridine rings is 1. The third-order valence-electron chi connectivity index (χ3n) is 9.65. The zero-order valence-corrected chi connectivity index (χ0v) is 21.9. The fourth-order valence-corrected chi connectivity index (χ4v) is 8.32. The van der Waals surface area contributed by atoms with Gasteiger partial charge >= 0.3 is 0 Å². The molecule has 0 radical (unpaired) electrons. The molecule has 0 spiro atoms. The monoisotopic (exact) mass is 483 g/mol. The lowest BCUT2D eigenvalue weighted by molar-refractivity contribution is 0.997. The van der Waals surface area contributed by atoms with Crippen molar-refractivity contribution in [1.82, 2.24) is 4.98 Å². The molecule has 3 heteroatoms. The third-order valence-corrected chi connectivity index (χ3v) is 9.65. The van der Waals surface area contributed by atoms with Crippen molar-refractivity contribution in [3.63, 3.8) is 0 Å². The number of benzene rings is 4. The number of hydrogen-bond donors (Lipinski definition) is 0. The van der Waals surface area contributed by atoms with Crippen LogP contribution in [0.4, 0.5) is 0 Å². The Labute approximate surface area is 225 Å². The number of aryl methyl sites for hydroxylation is 2. The molecule has 0 unspecified atom stereocenters. The van der Waals surface area contributed by atoms with Crippen LogP contribution in [0.3, 0.4) is 0 Å². The van der Waals surface area contributed by atoms with E-state index < -0.39 is 0 Å². The van der Waals surface area contributed by atoms with E-state index >= 15 is 0 Å². The fraction of sp³-hybridized carbons (Fsp3) is 0.171. The summed E-state index contributed by atoms with van der Waals surface area (Å²) in [5, 5.41) is 0. The largest absolute Gasteiger partial charge is 0.258 e. The van der Waals surface area contributed by atoms with Gasteiger partial charge in [-0.25, -0.2) is 0 Å². The van der Waals surface area contributed by atoms with E-state index in [9.17, 15) is 0 Å². The normalized spacial score (nSPS) is 15.1. The van der Waals surface area contributed by atoms with Crippen molar-refractivity contribution in [3.8, 4) is 0 Å². The first-order valence-corrected chi connectivity index (χ1v) is 14.0. The highest BCUT2D eigenvalue weighted by molar-refractivity contribution is 6.99. The molecule has 1 aromatic heterocycles. The lowest BCUT2D eigenvalue weighted by Crippen LogP contribution is -2.65. The van der Waals surface area contributed by atoms with Gasteiger partial charge in [0.05, 0.1) is 0 Å². The number of aromatic nitrogens is 1. The second kappa shape index (κ2) is 7.38. The Hall–Kier alpha value is -3.84. The molecule has 178 valence electrons. The minimum atomic E-state index is 0.282. The lowest BCUT2D eigenvalue weighted by Gasteiger charge is -2.37. The number of hydrogen-bond acceptors (Lipinski definition) is 1. The first-order chi connectivity index (χ1) is 18.6. The molecule has 0 bridgehead atoms. The quantitative estimate of drug-likeness (QED) is 0.302. The molecule has 9 rings (SSSR count). The van der Waals surface area contributed by atoms with Crippen LogP contribution in [0, 0.1) is 13.8 Å². The minimum Gasteiger partial charge on any atom is -0.258 e. The summed E-state index contributed by atoms with van der Waals surface area (Å²) in [4.78, 5) is 5.56. The second-order valence-corrected chi connectivity index (χ2v) is 12.0. The standard InChI is InChI=1S/C35H27B2N/c1-20-11-24-15-22-7-3-5-9-28(22)36-30-19-31-33(38-32(30)17-26(13-20)34(24)36)18-27-14-21(2)12-25-16-23-8-4-6-10-29(23)37(31)35(25)27/h3-14,19H,15-18H2,1-2H3. The number of nitrogens with zero attached hydrogens (tertiary/aromatic N) is 1. The van der Waals surface area contributed by atoms with E-state index in [2.05, 4.69) is 92.7 Å². The van der Waals surface area contributed by atoms with Gasteiger partial charge < -0.3 is 0 Å². The van der Waals surface area contributed by atoms with Gasteiger partial charge in [0.1, 0.15) is 0 Å². The van der Waals surface area contributed by atoms with Crippen molar-refractivity contribution in [2.75, 3.05) is 0 Å². The van der Waals surface area contributed by atoms with Crippen molar-refractivity contribution < 1.29 is 0 Å². The Morgan fingerprint density at radius 3 is 1.37 bits per heavy atom. The van der Waals surface area contributed by atoms with Crippen molar-refractivity contribution in [3.05, 3.63) is 135 Å². The van der Waals surface area contributed by atoms with Gasteiger partial charge in [0.15, 0.2) is 0 Å². The summed E-state index contributed by atoms with van der Waals surface area (Å²) in [5.41, 5.74) is 23.2. The molecule has 0 N–H and O–H groups in total. The van der Waals surface area contributed by atoms with Crippen LogP contribution >= 0.6 is 0 Å². The summed E-state index contributed by atoms with van der Waals surface area (Å²) in [7, 11) is 0. The average molecular weight is 483 g/mol. The fourth-order valence-electron chi connectivity index (χ4n) is 8.32. The topological polar surface area (TPSA) is 12.9 Å². The molecule has 4 aliphatic rings. The smallest absolute Gasteiger partial charge is 0.244 e. The molecule has 0 amide bonds. The maximum absolute atomic E-state index is 5.56. The number of fused-ring (bicyclic) bond motifs is 8. The highest BCUT2D eigenvalue weighted by atomic mass is 14.7. The van der Waals surface area contributed by atoms with Crippen LogP contribution in [0.5, 0.6) is 0 Å². The summed E-state index contributed by atoms with van der Waals surface area (Å²) in [6.45, 7) is 5.06. The molecular formula is C35H27B2N. The molecule has 5 heterocycles. The molecule has 0 aliphatic carbocycles. The van der Waals surface area contributed by atoms with Crippen LogP contribution in [0.25, 0.3) is 0 Å². The predicted molar refractivity (Wildman–Crippen MR) is 160 cm³/mol. The van der Waals surface area contributed by atoms with Crippen LogP contribution in [-0.4, -0.2) is 18.4 Å². The van der Waals surface area contributed by atoms with Crippen molar-refractivity contribution >= 4 is 46.2 Å². The van der Waals surface area contributed by atoms with Gasteiger partial charge in [0.2, 0.25) is 13.4 Å². The van der Waals surface area contributed by atoms with E-state index in [1.54, 1.807) is 10.9 Å². The molecule has 0 saturated carbocycles. The zero-order valence-electron chi connectivity index (χ0n) is 21.9. The molecule has 4 aliphatic heterocycles. The van der Waals surface area contributed by atoms with Crippen LogP contribution in [0.1, 0.15) is 55.9 Å². The van der Waals surface area contributed by atoms with E-state index in [0.717, 1.165) is 25.7 Å². The summed E-state index contributed by atoms with van der Waals surface area (Å²) in [6, 6.07) is 30.6. The first kappa shape index (κ1) is 21.1. The molecule has 1 nitrogen and oxygen atoms in total. The van der Waals surface area contributed by atoms with Gasteiger partial charge in [-0.1, -0.05) is 112 Å². The van der Waals surface area contributed by atoms with Crippen LogP contribution in [0.2, 0.25) is 0 Å². The van der Waals surface area contributed by atoms with Crippen molar-refractivity contribution in [1.29, 1.82) is 0 Å². The Morgan fingerprint density at radius 2 is 0.895 bits per heavy atom. The summed E-state index contributed by atoms with van der Waals surface area (Å²) < 4.78 is 0. The molecule has 5 aromatic rings. The highest BCUT2D eigenvalue weighted by Crippen LogP contribution is 2.26. The third kappa shape index (κ3) is 2.77. The van der Waals surface area contributed by atoms with E-state index in [1.807, 2.05) is 0 Å². The maximum Gasteiger partial charge on any atom is 0.244 e. The van der Waals surface area contributed by atoms with E-state index in [-0.39, 0.29) is 13.4 Å². The van der Waals surface area contributed by atoms with Gasteiger partial charge in [0.25, 0.3) is 0 Å². The Morgan fingerprint density at radius 1 is 0.474 bits per heavy atom. The number of rotatable bonds is 0. The second-order valence-electron chi connectivity index (χ2n) is 12.0. The maximum atomic E-state index is 5.56. The van der Waals surface area contributed by atoms with Crippen LogP contribution in [-0.2, 0) is 25.7 Å². The van der Waals surface area contributed by atoms with E-state index in [1.165, 1.54) is 77.7 Å². The van der Waals surface area contributed by atoms with Crippen LogP contribution in [0.15, 0.2) is 78.9 Å². The van der Waals surface area contributed by atoms with Crippen molar-refractivity contribution in [2.45, 2.75) is 39.5 Å². The molecule has 0 fully saturated rings. The van der Waals surface area contributed by atoms with E-state index in [0.29, 0.717) is 0 Å². The molecule has 38 heavy (non-hydrogen) atoms. The Balaban J connectivity index is 1.33. The van der Waals surface area contributed by atoms with Gasteiger partial charge in [-0.15, -0.1) is 0 Å². The van der Waals surface area contributed by atoms with Crippen molar-refractivity contribution in [2.24, 2.45) is 0 Å². The summed E-state index contributed by atoms with van der Waals surface area (Å²) >= 11 is 0. The molecule has 0 saturated heterocycles. The molecular weight excluding hydrogens is 456 g/mol. The average Bonchev–Trinajstić information content (AvgIpc) is 2.91. The molecule has 0 atom stereocenters. The summed E-state index contributed by atoms with van der Waals surface area (Å²) in [6.07, 6.45) is 3.96. The van der Waals surface area contributed by atoms with E-state index in [4.69, 9.17) is 4.98 Å². The van der Waals surface area contributed by atoms with Gasteiger partial charge in [-0.2, -0.15) is 0 Å². The van der Waals surface area contributed by atoms with Crippen LogP contribution < -0.4 is 32.8 Å². The lowest BCUT2D eigenvalue weighted by atomic mass is 9.28. The summed E-state index contributed by atoms with van der Waals surface area (Å²) in [5.74, 6) is 0. The van der Waals surface area contributed by atoms with Gasteiger partial charge in [-0.3, -0.25) is 4.98 Å².